The molecule has 0 fully saturated rings. The molecule has 0 aliphatic rings. The van der Waals surface area contributed by atoms with E-state index in [0.29, 0.717) is 22.5 Å². The van der Waals surface area contributed by atoms with Crippen molar-refractivity contribution in [3.63, 3.8) is 0 Å². The summed E-state index contributed by atoms with van der Waals surface area (Å²) in [7, 11) is 1.48. The van der Waals surface area contributed by atoms with E-state index in [1.807, 2.05) is 12.1 Å². The summed E-state index contributed by atoms with van der Waals surface area (Å²) in [5.41, 5.74) is -1.10. The molecular formula is C29H34AsF3N4O2. The van der Waals surface area contributed by atoms with Gasteiger partial charge in [0.2, 0.25) is 0 Å². The summed E-state index contributed by atoms with van der Waals surface area (Å²) in [5.74, 6) is 0.445. The topological polar surface area (TPSA) is 83.9 Å². The molecule has 6 nitrogen and oxygen atoms in total. The number of benzene rings is 1. The maximum atomic E-state index is 14.6. The first kappa shape index (κ1) is 29.1. The molecule has 10 heteroatoms. The Morgan fingerprint density at radius 3 is 2.28 bits per heavy atom. The van der Waals surface area contributed by atoms with E-state index in [2.05, 4.69) is 33.8 Å². The summed E-state index contributed by atoms with van der Waals surface area (Å²) in [6.07, 6.45) is 0.332. The van der Waals surface area contributed by atoms with Crippen LogP contribution < -0.4 is 9.22 Å². The Morgan fingerprint density at radius 1 is 0.974 bits per heavy atom. The molecule has 0 radical (unpaired) electrons. The summed E-state index contributed by atoms with van der Waals surface area (Å²) in [4.78, 5) is 15.7. The van der Waals surface area contributed by atoms with Gasteiger partial charge in [-0.15, -0.1) is 0 Å². The molecular weight excluding hydrogens is 568 g/mol. The van der Waals surface area contributed by atoms with Crippen LogP contribution in [-0.4, -0.2) is 58.6 Å². The van der Waals surface area contributed by atoms with E-state index in [1.165, 1.54) is 13.4 Å². The zero-order valence-electron chi connectivity index (χ0n) is 22.8. The Bertz CT molecular complexity index is 1420. The fraction of sp³-hybridized carbons (Fsp3) is 0.414. The summed E-state index contributed by atoms with van der Waals surface area (Å²) >= 11 is -1.27. The number of methoxy groups -OCH3 is 1. The number of alkyl halides is 3. The summed E-state index contributed by atoms with van der Waals surface area (Å²) < 4.78 is 50.3. The SMILES string of the molecule is CC[As](CC)c1cc2cc(CC(O)(CC(C)(C)c3cc(-c4cncnc4)ccc3OC)C(F)(F)F)[nH]c2cn1. The third kappa shape index (κ3) is 6.15. The normalized spacial score (nSPS) is 14.1. The Kier molecular flexibility index (Phi) is 8.43. The quantitative estimate of drug-likeness (QED) is 0.219. The van der Waals surface area contributed by atoms with Gasteiger partial charge in [0.15, 0.2) is 0 Å². The molecule has 0 aliphatic heterocycles. The molecule has 4 rings (SSSR count). The molecule has 2 N–H and O–H groups in total. The van der Waals surface area contributed by atoms with Gasteiger partial charge >= 0.3 is 184 Å². The van der Waals surface area contributed by atoms with Crippen molar-refractivity contribution in [3.8, 4) is 16.9 Å². The average molecular weight is 603 g/mol. The van der Waals surface area contributed by atoms with Gasteiger partial charge in [0, 0.05) is 18.0 Å². The van der Waals surface area contributed by atoms with Crippen LogP contribution >= 0.6 is 0 Å². The van der Waals surface area contributed by atoms with Crippen LogP contribution in [0, 0.1) is 0 Å². The van der Waals surface area contributed by atoms with Crippen LogP contribution in [0.15, 0.2) is 55.2 Å². The first-order chi connectivity index (χ1) is 18.4. The number of hydrogen-bond donors (Lipinski definition) is 2. The van der Waals surface area contributed by atoms with Crippen LogP contribution in [0.1, 0.15) is 45.4 Å². The van der Waals surface area contributed by atoms with E-state index in [4.69, 9.17) is 4.74 Å². The molecule has 0 spiro atoms. The van der Waals surface area contributed by atoms with Gasteiger partial charge < -0.3 is 0 Å². The maximum absolute atomic E-state index is 14.6. The van der Waals surface area contributed by atoms with Crippen LogP contribution in [0.3, 0.4) is 0 Å². The average Bonchev–Trinajstić information content (AvgIpc) is 3.30. The van der Waals surface area contributed by atoms with Gasteiger partial charge in [-0.25, -0.2) is 9.97 Å². The van der Waals surface area contributed by atoms with Gasteiger partial charge in [0.25, 0.3) is 0 Å². The molecule has 1 unspecified atom stereocenters. The zero-order valence-corrected chi connectivity index (χ0v) is 24.7. The molecule has 4 aromatic rings. The van der Waals surface area contributed by atoms with Gasteiger partial charge in [-0.3, -0.25) is 0 Å². The number of H-pyrrole nitrogens is 1. The number of hydrogen-bond acceptors (Lipinski definition) is 5. The zero-order chi connectivity index (χ0) is 28.4. The molecule has 1 atom stereocenters. The van der Waals surface area contributed by atoms with Crippen molar-refractivity contribution in [2.45, 2.75) is 68.1 Å². The number of ether oxygens (including phenoxy) is 1. The third-order valence-corrected chi connectivity index (χ3v) is 12.3. The molecule has 0 saturated heterocycles. The molecule has 1 aromatic carbocycles. The molecule has 39 heavy (non-hydrogen) atoms. The predicted octanol–water partition coefficient (Wildman–Crippen LogP) is 5.97. The van der Waals surface area contributed by atoms with Crippen molar-refractivity contribution in [3.05, 3.63) is 66.5 Å². The van der Waals surface area contributed by atoms with Crippen molar-refractivity contribution in [1.29, 1.82) is 0 Å². The Hall–Kier alpha value is -2.90. The van der Waals surface area contributed by atoms with Crippen LogP contribution in [0.25, 0.3) is 22.0 Å². The number of rotatable bonds is 10. The van der Waals surface area contributed by atoms with Crippen molar-refractivity contribution in [2.24, 2.45) is 0 Å². The second-order valence-corrected chi connectivity index (χ2v) is 16.3. The molecule has 0 bridgehead atoms. The number of pyridine rings is 1. The first-order valence-electron chi connectivity index (χ1n) is 12.9. The van der Waals surface area contributed by atoms with E-state index >= 15 is 0 Å². The molecule has 0 aliphatic carbocycles. The standard InChI is InChI=1S/C29H34AsF3N4O2/c1-6-30(7-2)26-12-20-10-22(37-24(20)16-36-26)13-28(38,29(31,32)33)17-27(3,4)23-11-19(8-9-25(23)39-5)21-14-34-18-35-15-21/h8-12,14-16,18,37-38H,6-7,13,17H2,1-5H3. The Labute approximate surface area is 231 Å². The van der Waals surface area contributed by atoms with Gasteiger partial charge in [-0.2, -0.15) is 0 Å². The summed E-state index contributed by atoms with van der Waals surface area (Å²) in [6.45, 7) is 7.69. The number of nitrogens with zero attached hydrogens (tertiary/aromatic N) is 3. The second-order valence-electron chi connectivity index (χ2n) is 10.4. The number of halogens is 3. The van der Waals surface area contributed by atoms with Crippen LogP contribution in [0.5, 0.6) is 5.75 Å². The first-order valence-corrected chi connectivity index (χ1v) is 16.5. The molecule has 208 valence electrons. The predicted molar refractivity (Wildman–Crippen MR) is 149 cm³/mol. The molecule has 0 amide bonds. The van der Waals surface area contributed by atoms with Gasteiger partial charge in [-0.1, -0.05) is 6.07 Å². The van der Waals surface area contributed by atoms with E-state index < -0.39 is 44.7 Å². The van der Waals surface area contributed by atoms with Crippen molar-refractivity contribution >= 4 is 30.0 Å². The van der Waals surface area contributed by atoms with E-state index in [1.54, 1.807) is 50.6 Å². The van der Waals surface area contributed by atoms with E-state index in [-0.39, 0.29) is 0 Å². The number of fused-ring (bicyclic) bond motifs is 1. The fourth-order valence-electron chi connectivity index (χ4n) is 5.16. The van der Waals surface area contributed by atoms with Crippen molar-refractivity contribution in [2.75, 3.05) is 7.11 Å². The van der Waals surface area contributed by atoms with E-state index in [0.717, 1.165) is 31.4 Å². The van der Waals surface area contributed by atoms with E-state index in [9.17, 15) is 18.3 Å². The van der Waals surface area contributed by atoms with Gasteiger partial charge in [-0.05, 0) is 0 Å². The van der Waals surface area contributed by atoms with Crippen molar-refractivity contribution in [1.82, 2.24) is 19.9 Å². The molecule has 0 saturated carbocycles. The number of nitrogens with one attached hydrogen (secondary N) is 1. The molecule has 3 heterocycles. The van der Waals surface area contributed by atoms with Crippen LogP contribution in [0.4, 0.5) is 13.2 Å². The third-order valence-electron chi connectivity index (χ3n) is 7.20. The minimum atomic E-state index is -4.87. The number of aromatic amines is 1. The summed E-state index contributed by atoms with van der Waals surface area (Å²) in [6, 6.07) is 9.01. The fourth-order valence-corrected chi connectivity index (χ4v) is 8.60. The van der Waals surface area contributed by atoms with Crippen LogP contribution in [-0.2, 0) is 11.8 Å². The minimum absolute atomic E-state index is 0.314. The van der Waals surface area contributed by atoms with Gasteiger partial charge in [0.1, 0.15) is 6.33 Å². The van der Waals surface area contributed by atoms with Gasteiger partial charge in [0.05, 0.1) is 7.11 Å². The van der Waals surface area contributed by atoms with Crippen molar-refractivity contribution < 1.29 is 23.0 Å². The monoisotopic (exact) mass is 602 g/mol. The Balaban J connectivity index is 1.69. The number of aliphatic hydroxyl groups is 1. The Morgan fingerprint density at radius 2 is 1.67 bits per heavy atom. The summed E-state index contributed by atoms with van der Waals surface area (Å²) in [5, 5.41) is 14.2. The second kappa shape index (κ2) is 11.3. The molecule has 3 aromatic heterocycles. The number of aromatic nitrogens is 4. The van der Waals surface area contributed by atoms with Crippen LogP contribution in [0.2, 0.25) is 10.4 Å².